The topological polar surface area (TPSA) is 49.9 Å². The van der Waals surface area contributed by atoms with Crippen LogP contribution in [0.2, 0.25) is 0 Å². The predicted molar refractivity (Wildman–Crippen MR) is 141 cm³/mol. The van der Waals surface area contributed by atoms with E-state index in [1.165, 1.54) is 10.4 Å². The summed E-state index contributed by atoms with van der Waals surface area (Å²) in [6.07, 6.45) is 0.830. The third kappa shape index (κ3) is 5.59. The number of likely N-dealkylation sites (N-methyl/N-ethyl adjacent to an activating group) is 1. The van der Waals surface area contributed by atoms with E-state index in [1.54, 1.807) is 16.2 Å². The highest BCUT2D eigenvalue weighted by Crippen LogP contribution is 2.34. The van der Waals surface area contributed by atoms with E-state index in [1.807, 2.05) is 55.1 Å². The normalized spacial score (nSPS) is 15.1. The standard InChI is InChI=1S/C29H34N2O3S/c1-5-30(29(33)24-9-7-6-8-21(24)4)18-28(32)31-16-14-27-25(15-17-35-27)26(31)19-34-23-12-10-22(11-13-23)20(2)3/h6-13,15,17,20,26H,5,14,16,18-19H2,1-4H3. The van der Waals surface area contributed by atoms with Gasteiger partial charge in [0, 0.05) is 23.5 Å². The molecule has 1 aromatic heterocycles. The van der Waals surface area contributed by atoms with Crippen LogP contribution in [0.25, 0.3) is 0 Å². The summed E-state index contributed by atoms with van der Waals surface area (Å²) in [6, 6.07) is 17.6. The average molecular weight is 491 g/mol. The Kier molecular flexibility index (Phi) is 7.91. The van der Waals surface area contributed by atoms with Crippen molar-refractivity contribution in [3.63, 3.8) is 0 Å². The molecule has 0 fully saturated rings. The number of thiophene rings is 1. The minimum atomic E-state index is -0.172. The second-order valence-electron chi connectivity index (χ2n) is 9.32. The van der Waals surface area contributed by atoms with Crippen molar-refractivity contribution in [2.24, 2.45) is 0 Å². The molecular weight excluding hydrogens is 456 g/mol. The Bertz CT molecular complexity index is 1170. The SMILES string of the molecule is CCN(CC(=O)N1CCc2sccc2C1COc1ccc(C(C)C)cc1)C(=O)c1ccccc1C. The third-order valence-electron chi connectivity index (χ3n) is 6.74. The maximum absolute atomic E-state index is 13.5. The van der Waals surface area contributed by atoms with Crippen molar-refractivity contribution in [2.45, 2.75) is 46.1 Å². The second kappa shape index (κ2) is 11.1. The van der Waals surface area contributed by atoms with Crippen molar-refractivity contribution in [1.82, 2.24) is 9.80 Å². The lowest BCUT2D eigenvalue weighted by Crippen LogP contribution is -2.47. The number of benzene rings is 2. The molecule has 1 aliphatic rings. The van der Waals surface area contributed by atoms with Crippen LogP contribution < -0.4 is 4.74 Å². The lowest BCUT2D eigenvalue weighted by Gasteiger charge is -2.37. The molecule has 1 atom stereocenters. The fourth-order valence-corrected chi connectivity index (χ4v) is 5.49. The molecule has 184 valence electrons. The number of nitrogens with zero attached hydrogens (tertiary/aromatic N) is 2. The Balaban J connectivity index is 1.49. The van der Waals surface area contributed by atoms with Crippen molar-refractivity contribution in [3.8, 4) is 5.75 Å². The van der Waals surface area contributed by atoms with Gasteiger partial charge in [-0.3, -0.25) is 9.59 Å². The summed E-state index contributed by atoms with van der Waals surface area (Å²) in [5, 5.41) is 2.09. The maximum atomic E-state index is 13.5. The van der Waals surface area contributed by atoms with E-state index in [0.29, 0.717) is 31.2 Å². The van der Waals surface area contributed by atoms with Crippen molar-refractivity contribution < 1.29 is 14.3 Å². The van der Waals surface area contributed by atoms with Crippen molar-refractivity contribution in [3.05, 3.63) is 87.1 Å². The van der Waals surface area contributed by atoms with Crippen LogP contribution in [0.15, 0.2) is 60.0 Å². The highest BCUT2D eigenvalue weighted by Gasteiger charge is 2.33. The minimum Gasteiger partial charge on any atom is -0.491 e. The van der Waals surface area contributed by atoms with E-state index < -0.39 is 0 Å². The molecule has 0 bridgehead atoms. The van der Waals surface area contributed by atoms with Gasteiger partial charge in [0.05, 0.1) is 6.04 Å². The van der Waals surface area contributed by atoms with Crippen LogP contribution in [0, 0.1) is 6.92 Å². The van der Waals surface area contributed by atoms with E-state index in [9.17, 15) is 9.59 Å². The summed E-state index contributed by atoms with van der Waals surface area (Å²) in [5.74, 6) is 1.11. The van der Waals surface area contributed by atoms with E-state index in [0.717, 1.165) is 23.3 Å². The van der Waals surface area contributed by atoms with Crippen LogP contribution in [0.5, 0.6) is 5.75 Å². The van der Waals surface area contributed by atoms with Crippen molar-refractivity contribution in [1.29, 1.82) is 0 Å². The quantitative estimate of drug-likeness (QED) is 0.398. The first-order chi connectivity index (χ1) is 16.9. The van der Waals surface area contributed by atoms with E-state index in [-0.39, 0.29) is 24.4 Å². The summed E-state index contributed by atoms with van der Waals surface area (Å²) < 4.78 is 6.18. The van der Waals surface area contributed by atoms with Gasteiger partial charge in [-0.25, -0.2) is 0 Å². The zero-order chi connectivity index (χ0) is 24.9. The Morgan fingerprint density at radius 3 is 2.54 bits per heavy atom. The Morgan fingerprint density at radius 2 is 1.86 bits per heavy atom. The fraction of sp³-hybridized carbons (Fsp3) is 0.379. The van der Waals surface area contributed by atoms with Gasteiger partial charge in [0.1, 0.15) is 18.9 Å². The summed E-state index contributed by atoms with van der Waals surface area (Å²) in [4.78, 5) is 31.5. The highest BCUT2D eigenvalue weighted by molar-refractivity contribution is 7.10. The van der Waals surface area contributed by atoms with Gasteiger partial charge in [-0.15, -0.1) is 11.3 Å². The van der Waals surface area contributed by atoms with E-state index in [2.05, 4.69) is 37.4 Å². The van der Waals surface area contributed by atoms with Crippen LogP contribution in [-0.4, -0.2) is 47.9 Å². The molecule has 5 nitrogen and oxygen atoms in total. The molecule has 0 radical (unpaired) electrons. The average Bonchev–Trinajstić information content (AvgIpc) is 3.35. The van der Waals surface area contributed by atoms with Crippen LogP contribution in [0.1, 0.15) is 64.7 Å². The van der Waals surface area contributed by atoms with Crippen molar-refractivity contribution in [2.75, 3.05) is 26.2 Å². The smallest absolute Gasteiger partial charge is 0.254 e. The first-order valence-electron chi connectivity index (χ1n) is 12.3. The molecule has 1 aliphatic heterocycles. The first-order valence-corrected chi connectivity index (χ1v) is 13.2. The summed E-state index contributed by atoms with van der Waals surface area (Å²) in [6.45, 7) is 9.72. The Morgan fingerprint density at radius 1 is 1.11 bits per heavy atom. The van der Waals surface area contributed by atoms with Gasteiger partial charge in [0.25, 0.3) is 5.91 Å². The highest BCUT2D eigenvalue weighted by atomic mass is 32.1. The molecule has 2 amide bonds. The molecule has 1 unspecified atom stereocenters. The molecule has 0 saturated carbocycles. The molecular formula is C29H34N2O3S. The summed E-state index contributed by atoms with van der Waals surface area (Å²) in [5.41, 5.74) is 3.98. The number of rotatable bonds is 8. The number of carbonyl (C=O) groups excluding carboxylic acids is 2. The number of amides is 2. The Hall–Kier alpha value is -3.12. The summed E-state index contributed by atoms with van der Waals surface area (Å²) in [7, 11) is 0. The lowest BCUT2D eigenvalue weighted by atomic mass is 10.00. The minimum absolute atomic E-state index is 0.0469. The molecule has 0 saturated heterocycles. The number of aryl methyl sites for hydroxylation is 1. The molecule has 0 spiro atoms. The number of ether oxygens (including phenoxy) is 1. The maximum Gasteiger partial charge on any atom is 0.254 e. The first kappa shape index (κ1) is 25.0. The van der Waals surface area contributed by atoms with E-state index >= 15 is 0 Å². The molecule has 2 aromatic carbocycles. The van der Waals surface area contributed by atoms with Gasteiger partial charge >= 0.3 is 0 Å². The molecule has 4 rings (SSSR count). The monoisotopic (exact) mass is 490 g/mol. The summed E-state index contributed by atoms with van der Waals surface area (Å²) >= 11 is 1.73. The number of hydrogen-bond donors (Lipinski definition) is 0. The lowest BCUT2D eigenvalue weighted by molar-refractivity contribution is -0.135. The van der Waals surface area contributed by atoms with Crippen LogP contribution in [0.4, 0.5) is 0 Å². The van der Waals surface area contributed by atoms with E-state index in [4.69, 9.17) is 4.74 Å². The Labute approximate surface area is 212 Å². The van der Waals surface area contributed by atoms with Gasteiger partial charge in [0.2, 0.25) is 5.91 Å². The van der Waals surface area contributed by atoms with Crippen LogP contribution >= 0.6 is 11.3 Å². The molecule has 0 aliphatic carbocycles. The largest absolute Gasteiger partial charge is 0.491 e. The number of carbonyl (C=O) groups is 2. The van der Waals surface area contributed by atoms with Crippen LogP contribution in [0.3, 0.4) is 0 Å². The van der Waals surface area contributed by atoms with Gasteiger partial charge in [-0.2, -0.15) is 0 Å². The van der Waals surface area contributed by atoms with Gasteiger partial charge in [-0.05, 0) is 72.5 Å². The number of fused-ring (bicyclic) bond motifs is 1. The van der Waals surface area contributed by atoms with Crippen molar-refractivity contribution >= 4 is 23.2 Å². The van der Waals surface area contributed by atoms with Gasteiger partial charge < -0.3 is 14.5 Å². The number of hydrogen-bond acceptors (Lipinski definition) is 4. The second-order valence-corrected chi connectivity index (χ2v) is 10.3. The molecule has 2 heterocycles. The fourth-order valence-electron chi connectivity index (χ4n) is 4.56. The molecule has 35 heavy (non-hydrogen) atoms. The van der Waals surface area contributed by atoms with Crippen LogP contribution in [-0.2, 0) is 11.2 Å². The van der Waals surface area contributed by atoms with Gasteiger partial charge in [-0.1, -0.05) is 44.2 Å². The van der Waals surface area contributed by atoms with Gasteiger partial charge in [0.15, 0.2) is 0 Å². The molecule has 3 aromatic rings. The zero-order valence-corrected chi connectivity index (χ0v) is 21.8. The predicted octanol–water partition coefficient (Wildman–Crippen LogP) is 5.85. The third-order valence-corrected chi connectivity index (χ3v) is 7.74. The molecule has 0 N–H and O–H groups in total. The molecule has 6 heteroatoms. The zero-order valence-electron chi connectivity index (χ0n) is 21.0.